The van der Waals surface area contributed by atoms with Crippen molar-refractivity contribution in [1.82, 2.24) is 4.90 Å². The Kier molecular flexibility index (Phi) is 5.37. The molecule has 0 radical (unpaired) electrons. The van der Waals surface area contributed by atoms with E-state index in [1.54, 1.807) is 24.1 Å². The molecule has 0 bridgehead atoms. The first-order valence-corrected chi connectivity index (χ1v) is 8.89. The van der Waals surface area contributed by atoms with Crippen LogP contribution >= 0.6 is 23.2 Å². The second kappa shape index (κ2) is 7.18. The molecule has 0 unspecified atom stereocenters. The number of ether oxygens (including phenoxy) is 2. The summed E-state index contributed by atoms with van der Waals surface area (Å²) >= 11 is 11.9. The average Bonchev–Trinajstić information content (AvgIpc) is 3.01. The molecule has 1 aromatic carbocycles. The van der Waals surface area contributed by atoms with E-state index in [1.165, 1.54) is 0 Å². The molecular weight excluding hydrogens is 351 g/mol. The molecule has 1 aromatic rings. The first-order chi connectivity index (χ1) is 11.4. The number of rotatable bonds is 3. The summed E-state index contributed by atoms with van der Waals surface area (Å²) in [4.78, 5) is 14.4. The Morgan fingerprint density at radius 2 is 2.04 bits per heavy atom. The lowest BCUT2D eigenvalue weighted by molar-refractivity contribution is -0.191. The smallest absolute Gasteiger partial charge is 0.227 e. The van der Waals surface area contributed by atoms with Crippen molar-refractivity contribution in [3.8, 4) is 0 Å². The molecule has 2 aliphatic rings. The Labute approximate surface area is 152 Å². The van der Waals surface area contributed by atoms with Gasteiger partial charge < -0.3 is 20.1 Å². The summed E-state index contributed by atoms with van der Waals surface area (Å²) in [5, 5.41) is 0.929. The molecule has 0 aromatic heterocycles. The van der Waals surface area contributed by atoms with Crippen molar-refractivity contribution in [3.05, 3.63) is 33.8 Å². The lowest BCUT2D eigenvalue weighted by Gasteiger charge is -2.43. The van der Waals surface area contributed by atoms with Gasteiger partial charge in [-0.3, -0.25) is 4.79 Å². The minimum atomic E-state index is -0.571. The van der Waals surface area contributed by atoms with Gasteiger partial charge in [0.05, 0.1) is 35.7 Å². The van der Waals surface area contributed by atoms with Gasteiger partial charge in [-0.2, -0.15) is 0 Å². The molecule has 1 aliphatic carbocycles. The van der Waals surface area contributed by atoms with E-state index >= 15 is 0 Å². The van der Waals surface area contributed by atoms with E-state index in [-0.39, 0.29) is 24.4 Å². The zero-order valence-corrected chi connectivity index (χ0v) is 15.1. The third kappa shape index (κ3) is 3.70. The first kappa shape index (κ1) is 18.0. The number of nitrogens with two attached hydrogens (primary N) is 1. The van der Waals surface area contributed by atoms with Crippen molar-refractivity contribution >= 4 is 29.1 Å². The van der Waals surface area contributed by atoms with Crippen molar-refractivity contribution in [1.29, 1.82) is 0 Å². The monoisotopic (exact) mass is 372 g/mol. The minimum Gasteiger partial charge on any atom is -0.347 e. The third-order valence-electron chi connectivity index (χ3n) is 4.92. The molecule has 2 fully saturated rings. The molecule has 1 heterocycles. The van der Waals surface area contributed by atoms with E-state index in [4.69, 9.17) is 38.4 Å². The maximum Gasteiger partial charge on any atom is 0.227 e. The summed E-state index contributed by atoms with van der Waals surface area (Å²) in [5.74, 6) is -0.581. The van der Waals surface area contributed by atoms with Crippen molar-refractivity contribution < 1.29 is 14.3 Å². The number of nitrogens with zero attached hydrogens (tertiary/aromatic N) is 1. The average molecular weight is 373 g/mol. The Balaban J connectivity index is 1.68. The molecule has 2 N–H and O–H groups in total. The molecule has 24 heavy (non-hydrogen) atoms. The lowest BCUT2D eigenvalue weighted by atomic mass is 9.85. The summed E-state index contributed by atoms with van der Waals surface area (Å²) in [6, 6.07) is 5.05. The maximum atomic E-state index is 12.7. The third-order valence-corrected chi connectivity index (χ3v) is 5.66. The molecular formula is C17H22Cl2N2O3. The number of amides is 1. The van der Waals surface area contributed by atoms with Crippen LogP contribution in [-0.4, -0.2) is 48.9 Å². The van der Waals surface area contributed by atoms with Gasteiger partial charge >= 0.3 is 0 Å². The number of likely N-dealkylation sites (N-methyl/N-ethyl adjacent to an activating group) is 1. The fourth-order valence-corrected chi connectivity index (χ4v) is 3.79. The van der Waals surface area contributed by atoms with Gasteiger partial charge in [0.15, 0.2) is 5.79 Å². The van der Waals surface area contributed by atoms with Gasteiger partial charge in [-0.05, 0) is 24.1 Å². The highest BCUT2D eigenvalue weighted by Crippen LogP contribution is 2.37. The topological polar surface area (TPSA) is 64.8 Å². The number of benzene rings is 1. The molecule has 7 heteroatoms. The second-order valence-corrected chi connectivity index (χ2v) is 7.33. The summed E-state index contributed by atoms with van der Waals surface area (Å²) in [6.07, 6.45) is 2.41. The predicted octanol–water partition coefficient (Wildman–Crippen LogP) is 2.62. The maximum absolute atomic E-state index is 12.7. The highest BCUT2D eigenvalue weighted by atomic mass is 35.5. The molecule has 1 spiro atoms. The van der Waals surface area contributed by atoms with E-state index < -0.39 is 5.79 Å². The van der Waals surface area contributed by atoms with E-state index in [2.05, 4.69) is 0 Å². The van der Waals surface area contributed by atoms with Gasteiger partial charge in [0, 0.05) is 25.9 Å². The molecule has 1 saturated carbocycles. The molecule has 2 atom stereocenters. The zero-order chi connectivity index (χ0) is 17.3. The zero-order valence-electron chi connectivity index (χ0n) is 13.6. The van der Waals surface area contributed by atoms with Gasteiger partial charge in [0.25, 0.3) is 0 Å². The Morgan fingerprint density at radius 3 is 2.71 bits per heavy atom. The number of hydrogen-bond donors (Lipinski definition) is 1. The molecule has 1 saturated heterocycles. The standard InChI is InChI=1S/C17H22Cl2N2O3/c1-21(16(22)9-11-2-3-12(18)13(19)8-11)15-10-17(5-4-14(15)20)23-6-7-24-17/h2-3,8,14-15H,4-7,9-10,20H2,1H3/t14-,15-/m1/s1. The number of halogens is 2. The van der Waals surface area contributed by atoms with Crippen LogP contribution in [0.2, 0.25) is 10.0 Å². The lowest BCUT2D eigenvalue weighted by Crippen LogP contribution is -2.56. The van der Waals surface area contributed by atoms with Crippen molar-refractivity contribution in [3.63, 3.8) is 0 Å². The van der Waals surface area contributed by atoms with Gasteiger partial charge in [-0.15, -0.1) is 0 Å². The summed E-state index contributed by atoms with van der Waals surface area (Å²) < 4.78 is 11.6. The van der Waals surface area contributed by atoms with Crippen LogP contribution < -0.4 is 5.73 Å². The number of carbonyl (C=O) groups excluding carboxylic acids is 1. The van der Waals surface area contributed by atoms with Crippen LogP contribution in [0.3, 0.4) is 0 Å². The van der Waals surface area contributed by atoms with Crippen LogP contribution in [0.4, 0.5) is 0 Å². The van der Waals surface area contributed by atoms with E-state index in [0.29, 0.717) is 29.7 Å². The number of carbonyl (C=O) groups is 1. The van der Waals surface area contributed by atoms with Crippen LogP contribution in [0.15, 0.2) is 18.2 Å². The van der Waals surface area contributed by atoms with Crippen molar-refractivity contribution in [2.45, 2.75) is 43.6 Å². The Bertz CT molecular complexity index is 620. The SMILES string of the molecule is CN(C(=O)Cc1ccc(Cl)c(Cl)c1)[C@@H]1CC2(CC[C@H]1N)OCCO2. The van der Waals surface area contributed by atoms with Gasteiger partial charge in [-0.25, -0.2) is 0 Å². The van der Waals surface area contributed by atoms with Crippen LogP contribution in [0.25, 0.3) is 0 Å². The Morgan fingerprint density at radius 1 is 1.33 bits per heavy atom. The highest BCUT2D eigenvalue weighted by Gasteiger charge is 2.46. The summed E-state index contributed by atoms with van der Waals surface area (Å²) in [6.45, 7) is 1.20. The molecule has 3 rings (SSSR count). The summed E-state index contributed by atoms with van der Waals surface area (Å²) in [7, 11) is 1.79. The van der Waals surface area contributed by atoms with Crippen molar-refractivity contribution in [2.24, 2.45) is 5.73 Å². The molecule has 132 valence electrons. The molecule has 1 amide bonds. The van der Waals surface area contributed by atoms with Crippen LogP contribution in [0.5, 0.6) is 0 Å². The highest BCUT2D eigenvalue weighted by molar-refractivity contribution is 6.42. The fraction of sp³-hybridized carbons (Fsp3) is 0.588. The molecule has 5 nitrogen and oxygen atoms in total. The van der Waals surface area contributed by atoms with E-state index in [0.717, 1.165) is 18.4 Å². The Hall–Kier alpha value is -0.850. The minimum absolute atomic E-state index is 0.0103. The van der Waals surface area contributed by atoms with Gasteiger partial charge in [0.1, 0.15) is 0 Å². The summed E-state index contributed by atoms with van der Waals surface area (Å²) in [5.41, 5.74) is 7.09. The molecule has 1 aliphatic heterocycles. The normalized spacial score (nSPS) is 25.8. The quantitative estimate of drug-likeness (QED) is 0.885. The number of hydrogen-bond acceptors (Lipinski definition) is 4. The van der Waals surface area contributed by atoms with E-state index in [9.17, 15) is 4.79 Å². The first-order valence-electron chi connectivity index (χ1n) is 8.13. The second-order valence-electron chi connectivity index (χ2n) is 6.51. The van der Waals surface area contributed by atoms with Crippen molar-refractivity contribution in [2.75, 3.05) is 20.3 Å². The predicted molar refractivity (Wildman–Crippen MR) is 93.2 cm³/mol. The largest absolute Gasteiger partial charge is 0.347 e. The van der Waals surface area contributed by atoms with E-state index in [1.807, 2.05) is 6.07 Å². The van der Waals surface area contributed by atoms with Gasteiger partial charge in [-0.1, -0.05) is 29.3 Å². The van der Waals surface area contributed by atoms with Gasteiger partial charge in [0.2, 0.25) is 5.91 Å². The van der Waals surface area contributed by atoms with Crippen LogP contribution in [-0.2, 0) is 20.7 Å². The fourth-order valence-electron chi connectivity index (χ4n) is 3.47. The van der Waals surface area contributed by atoms with Crippen LogP contribution in [0, 0.1) is 0 Å². The van der Waals surface area contributed by atoms with Crippen LogP contribution in [0.1, 0.15) is 24.8 Å².